The number of hydrogen-bond donors (Lipinski definition) is 1. The molecule has 9 nitrogen and oxygen atoms in total. The van der Waals surface area contributed by atoms with E-state index in [0.29, 0.717) is 5.75 Å². The number of methoxy groups -OCH3 is 2. The van der Waals surface area contributed by atoms with Gasteiger partial charge in [-0.2, -0.15) is 0 Å². The van der Waals surface area contributed by atoms with Crippen molar-refractivity contribution in [3.63, 3.8) is 0 Å². The Morgan fingerprint density at radius 3 is 2.58 bits per heavy atom. The number of anilines is 1. The Bertz CT molecular complexity index is 1150. The molecule has 3 aromatic rings. The lowest BCUT2D eigenvalue weighted by molar-refractivity contribution is -0.119. The average molecular weight is 445 g/mol. The molecule has 1 N–H and O–H groups in total. The van der Waals surface area contributed by atoms with Crippen LogP contribution >= 0.6 is 0 Å². The van der Waals surface area contributed by atoms with Crippen LogP contribution in [0.2, 0.25) is 0 Å². The zero-order valence-corrected chi connectivity index (χ0v) is 18.3. The first-order valence-corrected chi connectivity index (χ1v) is 11.2. The van der Waals surface area contributed by atoms with Crippen molar-refractivity contribution in [3.8, 4) is 17.2 Å². The van der Waals surface area contributed by atoms with Crippen LogP contribution in [0.1, 0.15) is 5.56 Å². The maximum Gasteiger partial charge on any atom is 0.241 e. The van der Waals surface area contributed by atoms with Gasteiger partial charge in [0.2, 0.25) is 15.9 Å². The van der Waals surface area contributed by atoms with Crippen LogP contribution in [-0.4, -0.2) is 50.9 Å². The first-order chi connectivity index (χ1) is 14.8. The highest BCUT2D eigenvalue weighted by Crippen LogP contribution is 2.33. The number of imidazole rings is 1. The minimum Gasteiger partial charge on any atom is -0.497 e. The summed E-state index contributed by atoms with van der Waals surface area (Å²) in [5.41, 5.74) is 1.98. The molecule has 3 rings (SSSR count). The number of sulfonamides is 1. The monoisotopic (exact) mass is 444 g/mol. The van der Waals surface area contributed by atoms with Crippen LogP contribution in [0.4, 0.5) is 5.69 Å². The summed E-state index contributed by atoms with van der Waals surface area (Å²) in [5.74, 6) is 0.335. The molecule has 10 heteroatoms. The quantitative estimate of drug-likeness (QED) is 0.541. The molecule has 164 valence electrons. The third-order valence-electron chi connectivity index (χ3n) is 4.59. The summed E-state index contributed by atoms with van der Waals surface area (Å²) >= 11 is 0. The predicted octanol–water partition coefficient (Wildman–Crippen LogP) is 1.97. The third kappa shape index (κ3) is 5.34. The lowest BCUT2D eigenvalue weighted by atomic mass is 10.1. The number of para-hydroxylation sites is 1. The molecule has 0 bridgehead atoms. The normalized spacial score (nSPS) is 11.1. The van der Waals surface area contributed by atoms with E-state index in [1.54, 1.807) is 30.7 Å². The maximum absolute atomic E-state index is 12.7. The zero-order chi connectivity index (χ0) is 22.4. The molecule has 1 aromatic heterocycles. The van der Waals surface area contributed by atoms with Gasteiger partial charge in [0.1, 0.15) is 18.0 Å². The molecule has 0 spiro atoms. The SMILES string of the molecule is COc1ccc(N(CC(=O)NCc2ccccc2-n2ccnc2)S(C)(=O)=O)c(OC)c1. The predicted molar refractivity (Wildman–Crippen MR) is 117 cm³/mol. The average Bonchev–Trinajstić information content (AvgIpc) is 3.30. The molecule has 1 heterocycles. The standard InChI is InChI=1S/C21H24N4O5S/c1-29-17-8-9-19(20(12-17)30-2)25(31(3,27)28)14-21(26)23-13-16-6-4-5-7-18(16)24-11-10-22-15-24/h4-12,15H,13-14H2,1-3H3,(H,23,26). The molecule has 0 radical (unpaired) electrons. The van der Waals surface area contributed by atoms with E-state index in [-0.39, 0.29) is 18.0 Å². The van der Waals surface area contributed by atoms with Crippen molar-refractivity contribution < 1.29 is 22.7 Å². The minimum absolute atomic E-state index is 0.227. The number of ether oxygens (including phenoxy) is 2. The first kappa shape index (κ1) is 22.2. The fourth-order valence-electron chi connectivity index (χ4n) is 3.07. The fraction of sp³-hybridized carbons (Fsp3) is 0.238. The van der Waals surface area contributed by atoms with E-state index in [1.165, 1.54) is 14.2 Å². The number of hydrogen-bond acceptors (Lipinski definition) is 6. The van der Waals surface area contributed by atoms with E-state index >= 15 is 0 Å². The molecule has 0 saturated carbocycles. The maximum atomic E-state index is 12.7. The summed E-state index contributed by atoms with van der Waals surface area (Å²) in [4.78, 5) is 16.7. The number of rotatable bonds is 9. The number of nitrogens with zero attached hydrogens (tertiary/aromatic N) is 3. The summed E-state index contributed by atoms with van der Waals surface area (Å²) in [5, 5.41) is 2.79. The van der Waals surface area contributed by atoms with Gasteiger partial charge in [0.25, 0.3) is 0 Å². The van der Waals surface area contributed by atoms with Gasteiger partial charge in [0, 0.05) is 25.0 Å². The van der Waals surface area contributed by atoms with E-state index < -0.39 is 22.5 Å². The Labute approximate surface area is 181 Å². The summed E-state index contributed by atoms with van der Waals surface area (Å²) in [6, 6.07) is 12.3. The van der Waals surface area contributed by atoms with Crippen molar-refractivity contribution in [1.82, 2.24) is 14.9 Å². The highest BCUT2D eigenvalue weighted by molar-refractivity contribution is 7.92. The fourth-order valence-corrected chi connectivity index (χ4v) is 3.93. The van der Waals surface area contributed by atoms with Crippen LogP contribution in [0, 0.1) is 0 Å². The molecule has 31 heavy (non-hydrogen) atoms. The molecule has 1 amide bonds. The van der Waals surface area contributed by atoms with Gasteiger partial charge in [-0.05, 0) is 23.8 Å². The van der Waals surface area contributed by atoms with Crippen molar-refractivity contribution in [2.24, 2.45) is 0 Å². The van der Waals surface area contributed by atoms with Crippen LogP contribution in [0.5, 0.6) is 11.5 Å². The van der Waals surface area contributed by atoms with E-state index in [4.69, 9.17) is 9.47 Å². The van der Waals surface area contributed by atoms with Crippen LogP contribution in [-0.2, 0) is 21.4 Å². The first-order valence-electron chi connectivity index (χ1n) is 9.36. The number of carbonyl (C=O) groups excluding carboxylic acids is 1. The molecule has 0 aliphatic rings. The molecular weight excluding hydrogens is 420 g/mol. The lowest BCUT2D eigenvalue weighted by Gasteiger charge is -2.24. The number of aromatic nitrogens is 2. The van der Waals surface area contributed by atoms with Gasteiger partial charge in [-0.3, -0.25) is 9.10 Å². The smallest absolute Gasteiger partial charge is 0.241 e. The van der Waals surface area contributed by atoms with Crippen LogP contribution in [0.15, 0.2) is 61.2 Å². The second kappa shape index (κ2) is 9.52. The zero-order valence-electron chi connectivity index (χ0n) is 17.5. The summed E-state index contributed by atoms with van der Waals surface area (Å²) in [6.07, 6.45) is 6.18. The van der Waals surface area contributed by atoms with E-state index in [2.05, 4.69) is 10.3 Å². The molecule has 0 fully saturated rings. The molecule has 2 aromatic carbocycles. The van der Waals surface area contributed by atoms with E-state index in [0.717, 1.165) is 21.8 Å². The van der Waals surface area contributed by atoms with Crippen LogP contribution in [0.3, 0.4) is 0 Å². The second-order valence-corrected chi connectivity index (χ2v) is 8.59. The molecule has 0 unspecified atom stereocenters. The summed E-state index contributed by atoms with van der Waals surface area (Å²) in [7, 11) is -0.832. The number of benzene rings is 2. The van der Waals surface area contributed by atoms with Gasteiger partial charge >= 0.3 is 0 Å². The number of nitrogens with one attached hydrogen (secondary N) is 1. The van der Waals surface area contributed by atoms with Crippen LogP contribution in [0.25, 0.3) is 5.69 Å². The van der Waals surface area contributed by atoms with Gasteiger partial charge < -0.3 is 19.4 Å². The summed E-state index contributed by atoms with van der Waals surface area (Å²) in [6.45, 7) is -0.167. The largest absolute Gasteiger partial charge is 0.497 e. The Balaban J connectivity index is 1.78. The van der Waals surface area contributed by atoms with Gasteiger partial charge in [0.05, 0.1) is 38.2 Å². The van der Waals surface area contributed by atoms with Crippen molar-refractivity contribution in [1.29, 1.82) is 0 Å². The Morgan fingerprint density at radius 1 is 1.16 bits per heavy atom. The molecule has 0 aliphatic heterocycles. The Kier molecular flexibility index (Phi) is 6.81. The molecule has 0 aliphatic carbocycles. The van der Waals surface area contributed by atoms with E-state index in [9.17, 15) is 13.2 Å². The van der Waals surface area contributed by atoms with E-state index in [1.807, 2.05) is 35.0 Å². The van der Waals surface area contributed by atoms with Crippen molar-refractivity contribution in [2.45, 2.75) is 6.54 Å². The minimum atomic E-state index is -3.75. The molecule has 0 saturated heterocycles. The molecular formula is C21H24N4O5S. The Hall–Kier alpha value is -3.53. The third-order valence-corrected chi connectivity index (χ3v) is 5.72. The molecule has 0 atom stereocenters. The Morgan fingerprint density at radius 2 is 1.94 bits per heavy atom. The van der Waals surface area contributed by atoms with Gasteiger partial charge in [-0.15, -0.1) is 0 Å². The van der Waals surface area contributed by atoms with Crippen LogP contribution < -0.4 is 19.1 Å². The van der Waals surface area contributed by atoms with Crippen molar-refractivity contribution in [2.75, 3.05) is 31.3 Å². The summed E-state index contributed by atoms with van der Waals surface area (Å²) < 4.78 is 38.1. The van der Waals surface area contributed by atoms with Gasteiger partial charge in [-0.1, -0.05) is 18.2 Å². The van der Waals surface area contributed by atoms with Gasteiger partial charge in [0.15, 0.2) is 0 Å². The number of amides is 1. The highest BCUT2D eigenvalue weighted by atomic mass is 32.2. The number of carbonyl (C=O) groups is 1. The topological polar surface area (TPSA) is 103 Å². The van der Waals surface area contributed by atoms with Gasteiger partial charge in [-0.25, -0.2) is 13.4 Å². The highest BCUT2D eigenvalue weighted by Gasteiger charge is 2.24. The van der Waals surface area contributed by atoms with Crippen molar-refractivity contribution >= 4 is 21.6 Å². The van der Waals surface area contributed by atoms with Crippen molar-refractivity contribution in [3.05, 3.63) is 66.7 Å². The second-order valence-electron chi connectivity index (χ2n) is 6.68. The lowest BCUT2D eigenvalue weighted by Crippen LogP contribution is -2.40.